The van der Waals surface area contributed by atoms with Crippen LogP contribution in [0, 0.1) is 11.3 Å². The Bertz CT molecular complexity index is 1020. The molecule has 1 aliphatic rings. The molecule has 0 saturated carbocycles. The van der Waals surface area contributed by atoms with Crippen LogP contribution in [-0.4, -0.2) is 47.0 Å². The quantitative estimate of drug-likeness (QED) is 0.710. The van der Waals surface area contributed by atoms with Crippen molar-refractivity contribution in [2.24, 2.45) is 0 Å². The minimum atomic E-state index is -0.0167. The molecule has 1 aliphatic heterocycles. The van der Waals surface area contributed by atoms with Crippen LogP contribution in [0.5, 0.6) is 0 Å². The lowest BCUT2D eigenvalue weighted by Crippen LogP contribution is -2.49. The first-order chi connectivity index (χ1) is 13.8. The number of aromatic nitrogens is 2. The van der Waals surface area contributed by atoms with Gasteiger partial charge in [0.25, 0.3) is 5.91 Å². The Morgan fingerprint density at radius 1 is 0.857 bits per heavy atom. The number of piperazine rings is 1. The van der Waals surface area contributed by atoms with E-state index >= 15 is 0 Å². The van der Waals surface area contributed by atoms with E-state index in [2.05, 4.69) is 20.9 Å². The number of nitriles is 1. The number of rotatable bonds is 3. The van der Waals surface area contributed by atoms with Crippen LogP contribution in [0.15, 0.2) is 67.0 Å². The average molecular weight is 369 g/mol. The summed E-state index contributed by atoms with van der Waals surface area (Å²) in [5, 5.41) is 9.43. The van der Waals surface area contributed by atoms with E-state index in [4.69, 9.17) is 0 Å². The second-order valence-electron chi connectivity index (χ2n) is 6.53. The molecule has 0 atom stereocenters. The van der Waals surface area contributed by atoms with Crippen molar-refractivity contribution in [2.45, 2.75) is 0 Å². The lowest BCUT2D eigenvalue weighted by atomic mass is 9.95. The lowest BCUT2D eigenvalue weighted by Gasteiger charge is -2.35. The van der Waals surface area contributed by atoms with Crippen molar-refractivity contribution >= 4 is 11.9 Å². The van der Waals surface area contributed by atoms with Crippen molar-refractivity contribution in [1.29, 1.82) is 5.26 Å². The summed E-state index contributed by atoms with van der Waals surface area (Å²) in [6, 6.07) is 18.9. The molecule has 0 radical (unpaired) electrons. The number of carbonyl (C=O) groups is 1. The van der Waals surface area contributed by atoms with E-state index in [1.54, 1.807) is 24.5 Å². The molecule has 1 aromatic heterocycles. The van der Waals surface area contributed by atoms with Gasteiger partial charge in [-0.15, -0.1) is 0 Å². The molecule has 2 heterocycles. The molecule has 138 valence electrons. The number of hydrogen-bond donors (Lipinski definition) is 0. The monoisotopic (exact) mass is 369 g/mol. The first-order valence-electron chi connectivity index (χ1n) is 9.17. The van der Waals surface area contributed by atoms with Gasteiger partial charge in [0.05, 0.1) is 11.6 Å². The lowest BCUT2D eigenvalue weighted by molar-refractivity contribution is 0.0747. The summed E-state index contributed by atoms with van der Waals surface area (Å²) in [6.45, 7) is 2.58. The summed E-state index contributed by atoms with van der Waals surface area (Å²) in [5.41, 5.74) is 2.76. The maximum atomic E-state index is 13.2. The highest BCUT2D eigenvalue weighted by Crippen LogP contribution is 2.28. The summed E-state index contributed by atoms with van der Waals surface area (Å²) in [7, 11) is 0. The third-order valence-electron chi connectivity index (χ3n) is 4.90. The summed E-state index contributed by atoms with van der Waals surface area (Å²) in [6.07, 6.45) is 3.45. The molecule has 1 amide bonds. The summed E-state index contributed by atoms with van der Waals surface area (Å²) < 4.78 is 0. The van der Waals surface area contributed by atoms with Crippen LogP contribution >= 0.6 is 0 Å². The van der Waals surface area contributed by atoms with Gasteiger partial charge >= 0.3 is 0 Å². The van der Waals surface area contributed by atoms with Crippen molar-refractivity contribution in [3.8, 4) is 17.2 Å². The molecular weight excluding hydrogens is 350 g/mol. The summed E-state index contributed by atoms with van der Waals surface area (Å²) in [4.78, 5) is 25.7. The van der Waals surface area contributed by atoms with Crippen molar-refractivity contribution in [3.63, 3.8) is 0 Å². The maximum Gasteiger partial charge on any atom is 0.254 e. The van der Waals surface area contributed by atoms with Crippen LogP contribution in [0.3, 0.4) is 0 Å². The standard InChI is InChI=1S/C22H19N5O/c23-16-17-6-1-2-7-18(17)19-8-3-4-9-20(19)21(28)26-12-14-27(15-13-26)22-24-10-5-11-25-22/h1-11H,12-15H2. The number of anilines is 1. The maximum absolute atomic E-state index is 13.2. The van der Waals surface area contributed by atoms with E-state index in [1.807, 2.05) is 47.4 Å². The molecule has 28 heavy (non-hydrogen) atoms. The van der Waals surface area contributed by atoms with Crippen molar-refractivity contribution < 1.29 is 4.79 Å². The van der Waals surface area contributed by atoms with E-state index in [0.29, 0.717) is 43.3 Å². The van der Waals surface area contributed by atoms with Crippen LogP contribution in [0.4, 0.5) is 5.95 Å². The van der Waals surface area contributed by atoms with E-state index in [-0.39, 0.29) is 5.91 Å². The molecule has 0 aliphatic carbocycles. The van der Waals surface area contributed by atoms with Crippen molar-refractivity contribution in [2.75, 3.05) is 31.1 Å². The molecular formula is C22H19N5O. The molecule has 1 saturated heterocycles. The Hall–Kier alpha value is -3.72. The fourth-order valence-electron chi connectivity index (χ4n) is 3.45. The van der Waals surface area contributed by atoms with Crippen molar-refractivity contribution in [1.82, 2.24) is 14.9 Å². The van der Waals surface area contributed by atoms with Crippen molar-refractivity contribution in [3.05, 3.63) is 78.1 Å². The molecule has 0 bridgehead atoms. The largest absolute Gasteiger partial charge is 0.337 e. The fraction of sp³-hybridized carbons (Fsp3) is 0.182. The number of hydrogen-bond acceptors (Lipinski definition) is 5. The Morgan fingerprint density at radius 2 is 1.50 bits per heavy atom. The summed E-state index contributed by atoms with van der Waals surface area (Å²) in [5.74, 6) is 0.676. The first kappa shape index (κ1) is 17.7. The molecule has 3 aromatic rings. The van der Waals surface area contributed by atoms with Gasteiger partial charge in [-0.2, -0.15) is 5.26 Å². The number of carbonyl (C=O) groups excluding carboxylic acids is 1. The molecule has 2 aromatic carbocycles. The third kappa shape index (κ3) is 3.42. The van der Waals surface area contributed by atoms with E-state index in [1.165, 1.54) is 0 Å². The van der Waals surface area contributed by atoms with Crippen LogP contribution in [0.2, 0.25) is 0 Å². The van der Waals surface area contributed by atoms with E-state index in [9.17, 15) is 10.1 Å². The second-order valence-corrected chi connectivity index (χ2v) is 6.53. The average Bonchev–Trinajstić information content (AvgIpc) is 2.79. The smallest absolute Gasteiger partial charge is 0.254 e. The number of benzene rings is 2. The van der Waals surface area contributed by atoms with Gasteiger partial charge < -0.3 is 9.80 Å². The van der Waals surface area contributed by atoms with Gasteiger partial charge in [-0.05, 0) is 23.8 Å². The minimum absolute atomic E-state index is 0.0167. The van der Waals surface area contributed by atoms with Gasteiger partial charge in [0, 0.05) is 49.7 Å². The Kier molecular flexibility index (Phi) is 4.98. The predicted molar refractivity (Wildman–Crippen MR) is 107 cm³/mol. The zero-order chi connectivity index (χ0) is 19.3. The zero-order valence-electron chi connectivity index (χ0n) is 15.3. The summed E-state index contributed by atoms with van der Waals surface area (Å²) >= 11 is 0. The fourth-order valence-corrected chi connectivity index (χ4v) is 3.45. The highest BCUT2D eigenvalue weighted by atomic mass is 16.2. The zero-order valence-corrected chi connectivity index (χ0v) is 15.3. The van der Waals surface area contributed by atoms with Crippen LogP contribution in [-0.2, 0) is 0 Å². The SMILES string of the molecule is N#Cc1ccccc1-c1ccccc1C(=O)N1CCN(c2ncccn2)CC1. The van der Waals surface area contributed by atoms with Gasteiger partial charge in [-0.1, -0.05) is 36.4 Å². The van der Waals surface area contributed by atoms with Gasteiger partial charge in [0.15, 0.2) is 0 Å². The Morgan fingerprint density at radius 3 is 2.21 bits per heavy atom. The van der Waals surface area contributed by atoms with Crippen LogP contribution in [0.1, 0.15) is 15.9 Å². The molecule has 4 rings (SSSR count). The van der Waals surface area contributed by atoms with E-state index in [0.717, 1.165) is 11.1 Å². The van der Waals surface area contributed by atoms with Gasteiger partial charge in [-0.25, -0.2) is 9.97 Å². The molecule has 0 unspecified atom stereocenters. The highest BCUT2D eigenvalue weighted by molar-refractivity contribution is 6.01. The predicted octanol–water partition coefficient (Wildman–Crippen LogP) is 2.98. The third-order valence-corrected chi connectivity index (χ3v) is 4.90. The molecule has 0 N–H and O–H groups in total. The minimum Gasteiger partial charge on any atom is -0.337 e. The molecule has 6 heteroatoms. The molecule has 0 spiro atoms. The second kappa shape index (κ2) is 7.89. The highest BCUT2D eigenvalue weighted by Gasteiger charge is 2.25. The number of nitrogens with zero attached hydrogens (tertiary/aromatic N) is 5. The van der Waals surface area contributed by atoms with Crippen LogP contribution in [0.25, 0.3) is 11.1 Å². The van der Waals surface area contributed by atoms with Gasteiger partial charge in [0.1, 0.15) is 0 Å². The molecule has 6 nitrogen and oxygen atoms in total. The molecule has 1 fully saturated rings. The Balaban J connectivity index is 1.56. The van der Waals surface area contributed by atoms with E-state index < -0.39 is 0 Å². The Labute approximate surface area is 163 Å². The normalized spacial score (nSPS) is 13.8. The topological polar surface area (TPSA) is 73.1 Å². The van der Waals surface area contributed by atoms with Gasteiger partial charge in [-0.3, -0.25) is 4.79 Å². The van der Waals surface area contributed by atoms with Crippen LogP contribution < -0.4 is 4.90 Å². The number of amides is 1. The van der Waals surface area contributed by atoms with Gasteiger partial charge in [0.2, 0.25) is 5.95 Å². The first-order valence-corrected chi connectivity index (χ1v) is 9.17.